The summed E-state index contributed by atoms with van der Waals surface area (Å²) in [4.78, 5) is 8.44. The zero-order valence-corrected chi connectivity index (χ0v) is 31.1. The van der Waals surface area contributed by atoms with Crippen LogP contribution >= 0.6 is 0 Å². The first-order chi connectivity index (χ1) is 28.2. The zero-order chi connectivity index (χ0) is 43.4. The van der Waals surface area contributed by atoms with E-state index >= 15 is 0 Å². The molecule has 7 heteroatoms. The van der Waals surface area contributed by atoms with Gasteiger partial charge in [0.1, 0.15) is 5.58 Å². The summed E-state index contributed by atoms with van der Waals surface area (Å²) >= 11 is 0. The Labute approximate surface area is 332 Å². The SMILES string of the molecule is Fc1c[c-]c(-c2ccccn2)c(F)c1.[2H]C([2H])([2H])c1cnc(-c2[c-]ccc3c2oc2c4cc(C#N)ccc4ccc32)cc1-c1ccc(C([2H])([2H])C(C)(C)C)cc1C([2H])([2H])[2H].[Ir]. The number of aryl methyl sites for hydroxylation is 2. The summed E-state index contributed by atoms with van der Waals surface area (Å²) in [5.74, 6) is -1.29. The van der Waals surface area contributed by atoms with E-state index in [0.29, 0.717) is 33.7 Å². The van der Waals surface area contributed by atoms with Gasteiger partial charge in [-0.1, -0.05) is 97.9 Å². The summed E-state index contributed by atoms with van der Waals surface area (Å²) < 4.78 is 99.5. The van der Waals surface area contributed by atoms with Crippen LogP contribution in [0, 0.1) is 54.2 Å². The number of nitriles is 1. The molecule has 0 aliphatic rings. The molecule has 0 atom stereocenters. The smallest absolute Gasteiger partial charge is 0.128 e. The largest absolute Gasteiger partial charge is 0.500 e. The first-order valence-corrected chi connectivity index (χ1v) is 16.3. The van der Waals surface area contributed by atoms with E-state index in [4.69, 9.17) is 15.4 Å². The van der Waals surface area contributed by atoms with Gasteiger partial charge in [-0.05, 0) is 88.3 Å². The van der Waals surface area contributed by atoms with Crippen LogP contribution in [0.4, 0.5) is 8.78 Å². The topological polar surface area (TPSA) is 62.7 Å². The second kappa shape index (κ2) is 15.2. The number of halogens is 2. The van der Waals surface area contributed by atoms with Crippen LogP contribution in [0.2, 0.25) is 0 Å². The Morgan fingerprint density at radius 1 is 0.811 bits per heavy atom. The van der Waals surface area contributed by atoms with Gasteiger partial charge in [-0.25, -0.2) is 0 Å². The number of benzene rings is 5. The molecule has 0 unspecified atom stereocenters. The first-order valence-electron chi connectivity index (χ1n) is 20.3. The minimum absolute atomic E-state index is 0. The van der Waals surface area contributed by atoms with Crippen molar-refractivity contribution in [2.75, 3.05) is 0 Å². The summed E-state index contributed by atoms with van der Waals surface area (Å²) in [6, 6.07) is 33.6. The summed E-state index contributed by atoms with van der Waals surface area (Å²) in [6.07, 6.45) is 0.908. The molecular weight excluding hydrogens is 841 g/mol. The molecule has 0 amide bonds. The Hall–Kier alpha value is -5.54. The van der Waals surface area contributed by atoms with Crippen LogP contribution in [0.25, 0.3) is 66.4 Å². The summed E-state index contributed by atoms with van der Waals surface area (Å²) in [6.45, 7) is -0.102. The molecule has 0 saturated heterocycles. The van der Waals surface area contributed by atoms with Crippen molar-refractivity contribution < 1.29 is 44.3 Å². The van der Waals surface area contributed by atoms with Crippen molar-refractivity contribution in [3.05, 3.63) is 155 Å². The Bertz CT molecular complexity index is 2970. The van der Waals surface area contributed by atoms with Gasteiger partial charge in [-0.15, -0.1) is 30.3 Å². The second-order valence-corrected chi connectivity index (χ2v) is 13.2. The molecule has 3 aromatic heterocycles. The fourth-order valence-corrected chi connectivity index (χ4v) is 6.04. The first kappa shape index (κ1) is 28.0. The maximum atomic E-state index is 13.2. The van der Waals surface area contributed by atoms with Crippen molar-refractivity contribution in [1.29, 1.82) is 5.26 Å². The van der Waals surface area contributed by atoms with E-state index in [1.54, 1.807) is 63.4 Å². The van der Waals surface area contributed by atoms with Crippen molar-refractivity contribution in [1.82, 2.24) is 9.97 Å². The van der Waals surface area contributed by atoms with Crippen LogP contribution in [0.15, 0.2) is 114 Å². The molecule has 0 bridgehead atoms. The fourth-order valence-electron chi connectivity index (χ4n) is 6.04. The molecule has 0 fully saturated rings. The molecule has 8 rings (SSSR count). The third-order valence-electron chi connectivity index (χ3n) is 8.31. The van der Waals surface area contributed by atoms with Crippen LogP contribution in [0.5, 0.6) is 0 Å². The predicted molar refractivity (Wildman–Crippen MR) is 205 cm³/mol. The molecule has 4 nitrogen and oxygen atoms in total. The molecule has 0 aliphatic heterocycles. The van der Waals surface area contributed by atoms with E-state index in [1.807, 2.05) is 24.3 Å². The number of fused-ring (bicyclic) bond motifs is 5. The number of hydrogen-bond donors (Lipinski definition) is 0. The molecule has 0 aliphatic carbocycles. The van der Waals surface area contributed by atoms with Gasteiger partial charge in [0.25, 0.3) is 0 Å². The molecule has 3 heterocycles. The molecular formula is C46H35F2IrN3O-2. The monoisotopic (exact) mass is 884 g/mol. The third kappa shape index (κ3) is 7.81. The van der Waals surface area contributed by atoms with E-state index in [1.165, 1.54) is 30.5 Å². The van der Waals surface area contributed by atoms with Gasteiger partial charge in [0.15, 0.2) is 0 Å². The van der Waals surface area contributed by atoms with Gasteiger partial charge in [-0.3, -0.25) is 8.78 Å². The summed E-state index contributed by atoms with van der Waals surface area (Å²) in [5.41, 5.74) is 2.28. The normalized spacial score (nSPS) is 14.2. The second-order valence-electron chi connectivity index (χ2n) is 13.2. The Morgan fingerprint density at radius 3 is 2.36 bits per heavy atom. The summed E-state index contributed by atoms with van der Waals surface area (Å²) in [7, 11) is 0. The molecule has 1 radical (unpaired) electrons. The zero-order valence-electron chi connectivity index (χ0n) is 36.7. The minimum atomic E-state index is -2.68. The number of pyridine rings is 2. The van der Waals surface area contributed by atoms with Crippen molar-refractivity contribution in [3.8, 4) is 39.7 Å². The number of nitrogens with zero attached hydrogens (tertiary/aromatic N) is 3. The van der Waals surface area contributed by atoms with Gasteiger partial charge < -0.3 is 14.4 Å². The standard InChI is InChI=1S/C35H29N2O.C11H6F2N.Ir/c1-21-15-23(18-35(3,4)5)10-13-26(21)30-17-32(37-20-22(30)2)29-8-6-7-27-28-14-12-25-11-9-24(19-36)16-31(25)34(28)38-33(27)29;12-8-4-5-9(10(13)7-8)11-3-1-2-6-14-11;/h6-7,9-17,20H,18H2,1-5H3;1-4,6-7H;/q2*-1;/i1D3,2D3,18D2;;. The van der Waals surface area contributed by atoms with E-state index < -0.39 is 37.1 Å². The molecule has 0 N–H and O–H groups in total. The Morgan fingerprint density at radius 2 is 1.62 bits per heavy atom. The quantitative estimate of drug-likeness (QED) is 0.165. The van der Waals surface area contributed by atoms with Gasteiger partial charge in [0.2, 0.25) is 0 Å². The van der Waals surface area contributed by atoms with Gasteiger partial charge in [-0.2, -0.15) is 5.26 Å². The van der Waals surface area contributed by atoms with E-state index in [-0.39, 0.29) is 53.5 Å². The average Bonchev–Trinajstić information content (AvgIpc) is 3.59. The van der Waals surface area contributed by atoms with Crippen molar-refractivity contribution in [2.24, 2.45) is 5.41 Å². The van der Waals surface area contributed by atoms with Crippen molar-refractivity contribution >= 4 is 32.7 Å². The third-order valence-corrected chi connectivity index (χ3v) is 8.31. The maximum absolute atomic E-state index is 13.2. The van der Waals surface area contributed by atoms with Crippen LogP contribution in [-0.4, -0.2) is 9.97 Å². The van der Waals surface area contributed by atoms with Crippen LogP contribution < -0.4 is 0 Å². The number of furan rings is 1. The minimum Gasteiger partial charge on any atom is -0.500 e. The number of aromatic nitrogens is 2. The Balaban J connectivity index is 0.000000351. The Kier molecular flexibility index (Phi) is 8.04. The van der Waals surface area contributed by atoms with Crippen molar-refractivity contribution in [3.63, 3.8) is 0 Å². The molecule has 0 saturated carbocycles. The van der Waals surface area contributed by atoms with Gasteiger partial charge in [0.05, 0.1) is 17.2 Å². The van der Waals surface area contributed by atoms with Crippen LogP contribution in [0.3, 0.4) is 0 Å². The van der Waals surface area contributed by atoms with E-state index in [9.17, 15) is 14.0 Å². The number of hydrogen-bond acceptors (Lipinski definition) is 4. The fraction of sp³-hybridized carbons (Fsp3) is 0.152. The molecule has 265 valence electrons. The molecule has 53 heavy (non-hydrogen) atoms. The molecule has 5 aromatic carbocycles. The predicted octanol–water partition coefficient (Wildman–Crippen LogP) is 12.2. The van der Waals surface area contributed by atoms with Crippen LogP contribution in [0.1, 0.15) is 54.0 Å². The average molecular weight is 884 g/mol. The van der Waals surface area contributed by atoms with Gasteiger partial charge in [0, 0.05) is 65.9 Å². The number of rotatable bonds is 4. The molecule has 0 spiro atoms. The van der Waals surface area contributed by atoms with Crippen molar-refractivity contribution in [2.45, 2.75) is 40.8 Å². The summed E-state index contributed by atoms with van der Waals surface area (Å²) in [5, 5.41) is 12.7. The van der Waals surface area contributed by atoms with E-state index in [2.05, 4.69) is 28.2 Å². The van der Waals surface area contributed by atoms with Gasteiger partial charge >= 0.3 is 0 Å². The maximum Gasteiger partial charge on any atom is 0.128 e. The van der Waals surface area contributed by atoms with Crippen LogP contribution in [-0.2, 0) is 26.5 Å². The molecule has 8 aromatic rings. The van der Waals surface area contributed by atoms with E-state index in [0.717, 1.165) is 33.7 Å².